The van der Waals surface area contributed by atoms with Gasteiger partial charge in [0.05, 0.1) is 17.9 Å². The third-order valence-electron chi connectivity index (χ3n) is 7.66. The van der Waals surface area contributed by atoms with Crippen LogP contribution in [-0.4, -0.2) is 95.6 Å². The molecule has 0 aromatic carbocycles. The van der Waals surface area contributed by atoms with Gasteiger partial charge in [-0.05, 0) is 85.1 Å². The minimum absolute atomic E-state index is 0.0194. The molecule has 0 spiro atoms. The molecule has 3 heterocycles. The van der Waals surface area contributed by atoms with E-state index >= 15 is 0 Å². The smallest absolute Gasteiger partial charge is 0.410 e. The fourth-order valence-electron chi connectivity index (χ4n) is 5.55. The molecule has 1 N–H and O–H groups in total. The molecule has 0 radical (unpaired) electrons. The average molecular weight is 668 g/mol. The summed E-state index contributed by atoms with van der Waals surface area (Å²) in [6, 6.07) is 2.77. The van der Waals surface area contributed by atoms with Gasteiger partial charge in [0, 0.05) is 30.3 Å². The maximum Gasteiger partial charge on any atom is 0.410 e. The van der Waals surface area contributed by atoms with Crippen LogP contribution >= 0.6 is 23.1 Å². The summed E-state index contributed by atoms with van der Waals surface area (Å²) < 4.78 is 16.4. The normalized spacial score (nSPS) is 20.8. The van der Waals surface area contributed by atoms with Gasteiger partial charge in [-0.3, -0.25) is 19.7 Å². The summed E-state index contributed by atoms with van der Waals surface area (Å²) in [6.07, 6.45) is 4.93. The summed E-state index contributed by atoms with van der Waals surface area (Å²) in [7, 11) is 0. The highest BCUT2D eigenvalue weighted by atomic mass is 32.2. The molecule has 0 unspecified atom stereocenters. The number of thiophene rings is 1. The van der Waals surface area contributed by atoms with Crippen LogP contribution in [-0.2, 0) is 28.6 Å². The number of amides is 2. The van der Waals surface area contributed by atoms with Crippen LogP contribution < -0.4 is 5.32 Å². The van der Waals surface area contributed by atoms with Crippen molar-refractivity contribution in [1.29, 1.82) is 0 Å². The third-order valence-corrected chi connectivity index (χ3v) is 10.1. The van der Waals surface area contributed by atoms with Crippen molar-refractivity contribution in [2.24, 2.45) is 5.92 Å². The van der Waals surface area contributed by atoms with E-state index in [4.69, 9.17) is 14.2 Å². The van der Waals surface area contributed by atoms with Crippen molar-refractivity contribution < 1.29 is 33.4 Å². The molecule has 0 saturated carbocycles. The van der Waals surface area contributed by atoms with E-state index in [0.29, 0.717) is 37.7 Å². The molecule has 10 nitrogen and oxygen atoms in total. The quantitative estimate of drug-likeness (QED) is 0.168. The lowest BCUT2D eigenvalue weighted by Gasteiger charge is -2.33. The van der Waals surface area contributed by atoms with E-state index in [1.165, 1.54) is 0 Å². The van der Waals surface area contributed by atoms with Crippen LogP contribution in [0.4, 0.5) is 4.79 Å². The number of thioether (sulfide) groups is 1. The number of unbranched alkanes of at least 4 members (excludes halogenated alkanes) is 1. The number of hydrogen-bond donors (Lipinski definition) is 1. The number of ether oxygens (including phenoxy) is 3. The molecule has 1 aromatic rings. The second-order valence-corrected chi connectivity index (χ2v) is 16.1. The molecule has 254 valence electrons. The summed E-state index contributed by atoms with van der Waals surface area (Å²) >= 11 is 3.29. The van der Waals surface area contributed by atoms with Gasteiger partial charge in [-0.2, -0.15) is 0 Å². The van der Waals surface area contributed by atoms with Gasteiger partial charge in [0.25, 0.3) is 0 Å². The fourth-order valence-corrected chi connectivity index (χ4v) is 7.81. The molecule has 2 amide bonds. The van der Waals surface area contributed by atoms with E-state index in [2.05, 4.69) is 11.4 Å². The first-order valence-electron chi connectivity index (χ1n) is 16.2. The van der Waals surface area contributed by atoms with E-state index in [0.717, 1.165) is 37.0 Å². The molecule has 2 fully saturated rings. The van der Waals surface area contributed by atoms with Gasteiger partial charge in [0.1, 0.15) is 23.8 Å². The Morgan fingerprint density at radius 1 is 1.04 bits per heavy atom. The number of nitrogens with one attached hydrogen (secondary N) is 1. The highest BCUT2D eigenvalue weighted by Crippen LogP contribution is 2.36. The standard InChI is InChI=1S/C33H53N3O7S2/c1-8-41-30(39)24(13-10-9-12-23-15-17-35(18-16-23)31(40)43-33(5,6)7)34-25-22-45-27(26-14-11-19-44-26)20-36(29(25)38)21-28(37)42-32(2,3)4/h11,14,19,23-25,27,34H,8-10,12-13,15-18,20-22H2,1-7H3/t24-,25+,27+/m1/s1. The predicted octanol–water partition coefficient (Wildman–Crippen LogP) is 5.80. The lowest BCUT2D eigenvalue weighted by molar-refractivity contribution is -0.159. The zero-order valence-corrected chi connectivity index (χ0v) is 29.7. The summed E-state index contributed by atoms with van der Waals surface area (Å²) in [5, 5.41) is 5.36. The molecule has 1 aromatic heterocycles. The minimum Gasteiger partial charge on any atom is -0.465 e. The van der Waals surface area contributed by atoms with Crippen molar-refractivity contribution in [3.8, 4) is 0 Å². The Balaban J connectivity index is 1.58. The first-order valence-corrected chi connectivity index (χ1v) is 18.1. The Kier molecular flexibility index (Phi) is 14.0. The van der Waals surface area contributed by atoms with Gasteiger partial charge in [0.15, 0.2) is 0 Å². The maximum absolute atomic E-state index is 13.8. The zero-order valence-electron chi connectivity index (χ0n) is 28.1. The van der Waals surface area contributed by atoms with E-state index < -0.39 is 29.3 Å². The van der Waals surface area contributed by atoms with Crippen molar-refractivity contribution in [3.63, 3.8) is 0 Å². The van der Waals surface area contributed by atoms with Gasteiger partial charge in [-0.25, -0.2) is 4.79 Å². The molecule has 45 heavy (non-hydrogen) atoms. The number of piperidine rings is 1. The first kappa shape index (κ1) is 37.2. The molecule has 2 saturated heterocycles. The molecule has 0 bridgehead atoms. The van der Waals surface area contributed by atoms with Crippen LogP contribution in [0.3, 0.4) is 0 Å². The van der Waals surface area contributed by atoms with Crippen molar-refractivity contribution in [2.45, 2.75) is 116 Å². The molecule has 2 aliphatic rings. The van der Waals surface area contributed by atoms with E-state index in [9.17, 15) is 19.2 Å². The van der Waals surface area contributed by atoms with Crippen molar-refractivity contribution in [1.82, 2.24) is 15.1 Å². The number of hydrogen-bond acceptors (Lipinski definition) is 10. The summed E-state index contributed by atoms with van der Waals surface area (Å²) in [5.74, 6) is -0.0335. The lowest BCUT2D eigenvalue weighted by atomic mass is 9.91. The number of nitrogens with zero attached hydrogens (tertiary/aromatic N) is 2. The second kappa shape index (κ2) is 17.0. The zero-order chi connectivity index (χ0) is 33.2. The Labute approximate surface area is 277 Å². The van der Waals surface area contributed by atoms with Gasteiger partial charge in [-0.1, -0.05) is 25.3 Å². The maximum atomic E-state index is 13.8. The number of esters is 2. The van der Waals surface area contributed by atoms with Crippen molar-refractivity contribution in [2.75, 3.05) is 38.5 Å². The SMILES string of the molecule is CCOC(=O)[C@@H](CCCCC1CCN(C(=O)OC(C)(C)C)CC1)N[C@H]1CS[C@H](c2cccs2)CN(CC(=O)OC(C)(C)C)C1=O. The Morgan fingerprint density at radius 3 is 2.33 bits per heavy atom. The lowest BCUT2D eigenvalue weighted by Crippen LogP contribution is -2.54. The van der Waals surface area contributed by atoms with Crippen LogP contribution in [0.2, 0.25) is 0 Å². The molecule has 3 atom stereocenters. The van der Waals surface area contributed by atoms with Crippen molar-refractivity contribution in [3.05, 3.63) is 22.4 Å². The fraction of sp³-hybridized carbons (Fsp3) is 0.758. The first-order chi connectivity index (χ1) is 21.1. The summed E-state index contributed by atoms with van der Waals surface area (Å²) in [6.45, 7) is 14.7. The van der Waals surface area contributed by atoms with E-state index in [1.807, 2.05) is 32.2 Å². The molecular weight excluding hydrogens is 615 g/mol. The van der Waals surface area contributed by atoms with Crippen molar-refractivity contribution >= 4 is 47.0 Å². The predicted molar refractivity (Wildman–Crippen MR) is 178 cm³/mol. The van der Waals surface area contributed by atoms with Crippen LogP contribution in [0, 0.1) is 5.92 Å². The van der Waals surface area contributed by atoms with Crippen LogP contribution in [0.1, 0.15) is 97.1 Å². The monoisotopic (exact) mass is 667 g/mol. The molecule has 3 rings (SSSR count). The summed E-state index contributed by atoms with van der Waals surface area (Å²) in [4.78, 5) is 56.5. The number of carbonyl (C=O) groups excluding carboxylic acids is 4. The third kappa shape index (κ3) is 12.8. The Morgan fingerprint density at radius 2 is 1.73 bits per heavy atom. The highest BCUT2D eigenvalue weighted by molar-refractivity contribution is 7.99. The number of rotatable bonds is 12. The molecule has 0 aliphatic carbocycles. The van der Waals surface area contributed by atoms with Gasteiger partial charge >= 0.3 is 18.0 Å². The van der Waals surface area contributed by atoms with E-state index in [-0.39, 0.29) is 36.4 Å². The second-order valence-electron chi connectivity index (χ2n) is 13.9. The van der Waals surface area contributed by atoms with E-state index in [1.54, 1.807) is 60.6 Å². The summed E-state index contributed by atoms with van der Waals surface area (Å²) in [5.41, 5.74) is -1.16. The molecule has 12 heteroatoms. The highest BCUT2D eigenvalue weighted by Gasteiger charge is 2.37. The van der Waals surface area contributed by atoms with Crippen LogP contribution in [0.25, 0.3) is 0 Å². The van der Waals surface area contributed by atoms with Gasteiger partial charge in [-0.15, -0.1) is 23.1 Å². The molecule has 2 aliphatic heterocycles. The Hall–Kier alpha value is -2.31. The largest absolute Gasteiger partial charge is 0.465 e. The average Bonchev–Trinajstić information content (AvgIpc) is 3.43. The molecular formula is C33H53N3O7S2. The minimum atomic E-state index is -0.657. The van der Waals surface area contributed by atoms with Gasteiger partial charge < -0.3 is 24.0 Å². The number of likely N-dealkylation sites (tertiary alicyclic amines) is 1. The van der Waals surface area contributed by atoms with Gasteiger partial charge in [0.2, 0.25) is 5.91 Å². The van der Waals surface area contributed by atoms with Crippen LogP contribution in [0.15, 0.2) is 17.5 Å². The number of carbonyl (C=O) groups is 4. The topological polar surface area (TPSA) is 114 Å². The Bertz CT molecular complexity index is 1110. The van der Waals surface area contributed by atoms with Crippen LogP contribution in [0.5, 0.6) is 0 Å².